The molecule has 0 aliphatic heterocycles. The summed E-state index contributed by atoms with van der Waals surface area (Å²) < 4.78 is 11.0. The van der Waals surface area contributed by atoms with Crippen LogP contribution >= 0.6 is 0 Å². The van der Waals surface area contributed by atoms with Gasteiger partial charge in [-0.1, -0.05) is 24.3 Å². The van der Waals surface area contributed by atoms with Crippen LogP contribution in [0.5, 0.6) is 5.75 Å². The molecule has 0 fully saturated rings. The van der Waals surface area contributed by atoms with Crippen molar-refractivity contribution in [1.82, 2.24) is 0 Å². The Bertz CT molecular complexity index is 918. The summed E-state index contributed by atoms with van der Waals surface area (Å²) in [6, 6.07) is 12.2. The van der Waals surface area contributed by atoms with E-state index in [1.807, 2.05) is 6.07 Å². The summed E-state index contributed by atoms with van der Waals surface area (Å²) in [4.78, 5) is 24.7. The lowest BCUT2D eigenvalue weighted by Crippen LogP contribution is -2.20. The maximum Gasteiger partial charge on any atom is 0.238 e. The molecule has 3 aromatic rings. The van der Waals surface area contributed by atoms with Crippen molar-refractivity contribution in [2.45, 2.75) is 0 Å². The fraction of sp³-hybridized carbons (Fsp3) is 0.0588. The van der Waals surface area contributed by atoms with E-state index in [0.29, 0.717) is 39.2 Å². The van der Waals surface area contributed by atoms with Crippen LogP contribution in [0.4, 0.5) is 0 Å². The summed E-state index contributed by atoms with van der Waals surface area (Å²) in [5.41, 5.74) is 1.94. The molecule has 1 heterocycles. The van der Waals surface area contributed by atoms with Crippen molar-refractivity contribution in [1.29, 1.82) is 0 Å². The highest BCUT2D eigenvalue weighted by atomic mass is 16.5. The molecular weight excluding hydrogens is 268 g/mol. The number of benzene rings is 2. The lowest BCUT2D eigenvalue weighted by Gasteiger charge is -2.12. The number of fused-ring (bicyclic) bond motifs is 5. The smallest absolute Gasteiger partial charge is 0.238 e. The van der Waals surface area contributed by atoms with E-state index in [-0.39, 0.29) is 0 Å². The minimum absolute atomic E-state index is 0.326. The molecule has 0 radical (unpaired) electrons. The zero-order valence-electron chi connectivity index (χ0n) is 11.2. The normalized spacial score (nSPS) is 13.2. The van der Waals surface area contributed by atoms with Crippen molar-refractivity contribution < 1.29 is 18.7 Å². The number of hydrogen-bond acceptors (Lipinski definition) is 4. The predicted molar refractivity (Wildman–Crippen MR) is 76.9 cm³/mol. The zero-order chi connectivity index (χ0) is 14.6. The Morgan fingerprint density at radius 3 is 2.48 bits per heavy atom. The molecule has 0 spiro atoms. The van der Waals surface area contributed by atoms with Gasteiger partial charge in [0.1, 0.15) is 17.1 Å². The molecule has 102 valence electrons. The van der Waals surface area contributed by atoms with E-state index in [1.165, 1.54) is 0 Å². The molecule has 1 aliphatic carbocycles. The van der Waals surface area contributed by atoms with Gasteiger partial charge in [0, 0.05) is 16.5 Å². The second-order valence-corrected chi connectivity index (χ2v) is 4.87. The molecule has 0 atom stereocenters. The van der Waals surface area contributed by atoms with Crippen molar-refractivity contribution in [3.63, 3.8) is 0 Å². The maximum absolute atomic E-state index is 12.4. The third-order valence-corrected chi connectivity index (χ3v) is 3.74. The third-order valence-electron chi connectivity index (χ3n) is 3.74. The second kappa shape index (κ2) is 4.06. The largest absolute Gasteiger partial charge is 0.497 e. The number of methoxy groups -OCH3 is 1. The number of rotatable bonds is 1. The van der Waals surface area contributed by atoms with Gasteiger partial charge in [-0.05, 0) is 18.2 Å². The van der Waals surface area contributed by atoms with Gasteiger partial charge in [0.25, 0.3) is 0 Å². The molecule has 0 saturated carbocycles. The molecule has 0 unspecified atom stereocenters. The number of ether oxygens (including phenoxy) is 1. The van der Waals surface area contributed by atoms with Crippen molar-refractivity contribution in [3.8, 4) is 17.1 Å². The van der Waals surface area contributed by atoms with E-state index in [9.17, 15) is 9.59 Å². The fourth-order valence-corrected chi connectivity index (χ4v) is 2.73. The lowest BCUT2D eigenvalue weighted by molar-refractivity contribution is 0.0815. The van der Waals surface area contributed by atoms with Gasteiger partial charge < -0.3 is 9.15 Å². The van der Waals surface area contributed by atoms with Gasteiger partial charge in [0.05, 0.1) is 12.7 Å². The molecule has 0 amide bonds. The van der Waals surface area contributed by atoms with Crippen LogP contribution in [0.25, 0.3) is 22.3 Å². The molecule has 2 aromatic carbocycles. The standard InChI is InChI=1S/C17H10O4/c1-20-9-6-7-13-12(8-9)14-16(19)15(18)10-4-2-3-5-11(10)17(14)21-13/h2-8H,1H3. The number of furan rings is 1. The lowest BCUT2D eigenvalue weighted by atomic mass is 9.87. The number of ketones is 2. The topological polar surface area (TPSA) is 56.5 Å². The maximum atomic E-state index is 12.4. The van der Waals surface area contributed by atoms with Crippen LogP contribution in [-0.4, -0.2) is 18.7 Å². The summed E-state index contributed by atoms with van der Waals surface area (Å²) >= 11 is 0. The molecule has 4 nitrogen and oxygen atoms in total. The Morgan fingerprint density at radius 2 is 1.71 bits per heavy atom. The Kier molecular flexibility index (Phi) is 2.30. The highest BCUT2D eigenvalue weighted by Gasteiger charge is 2.35. The van der Waals surface area contributed by atoms with Gasteiger partial charge in [0.15, 0.2) is 0 Å². The monoisotopic (exact) mass is 278 g/mol. The van der Waals surface area contributed by atoms with Crippen LogP contribution in [-0.2, 0) is 0 Å². The number of carbonyl (C=O) groups is 2. The van der Waals surface area contributed by atoms with Gasteiger partial charge in [0.2, 0.25) is 11.6 Å². The summed E-state index contributed by atoms with van der Waals surface area (Å²) in [6.07, 6.45) is 0. The van der Waals surface area contributed by atoms with Crippen LogP contribution in [0, 0.1) is 0 Å². The van der Waals surface area contributed by atoms with E-state index >= 15 is 0 Å². The molecular formula is C17H10O4. The average Bonchev–Trinajstić information content (AvgIpc) is 2.91. The Balaban J connectivity index is 2.13. The van der Waals surface area contributed by atoms with E-state index in [4.69, 9.17) is 9.15 Å². The molecule has 0 N–H and O–H groups in total. The number of carbonyl (C=O) groups excluding carboxylic acids is 2. The quantitative estimate of drug-likeness (QED) is 0.639. The SMILES string of the molecule is COc1ccc2oc3c(c2c1)C(=O)C(=O)c1ccccc1-3. The average molecular weight is 278 g/mol. The van der Waals surface area contributed by atoms with Gasteiger partial charge in [-0.3, -0.25) is 9.59 Å². The fourth-order valence-electron chi connectivity index (χ4n) is 2.73. The number of hydrogen-bond donors (Lipinski definition) is 0. The van der Waals surface area contributed by atoms with Crippen LogP contribution < -0.4 is 4.74 Å². The Labute approximate surface area is 119 Å². The molecule has 1 aromatic heterocycles. The van der Waals surface area contributed by atoms with Crippen LogP contribution in [0.2, 0.25) is 0 Å². The first-order valence-electron chi connectivity index (χ1n) is 6.49. The summed E-state index contributed by atoms with van der Waals surface area (Å²) in [7, 11) is 1.55. The first-order valence-corrected chi connectivity index (χ1v) is 6.49. The summed E-state index contributed by atoms with van der Waals surface area (Å²) in [5, 5.41) is 0.609. The van der Waals surface area contributed by atoms with Crippen molar-refractivity contribution >= 4 is 22.5 Å². The van der Waals surface area contributed by atoms with Gasteiger partial charge in [-0.25, -0.2) is 0 Å². The van der Waals surface area contributed by atoms with Crippen LogP contribution in [0.3, 0.4) is 0 Å². The summed E-state index contributed by atoms with van der Waals surface area (Å²) in [5.74, 6) is 0.0444. The second-order valence-electron chi connectivity index (χ2n) is 4.87. The molecule has 4 rings (SSSR count). The molecule has 0 bridgehead atoms. The van der Waals surface area contributed by atoms with E-state index in [0.717, 1.165) is 0 Å². The van der Waals surface area contributed by atoms with Gasteiger partial charge in [-0.2, -0.15) is 0 Å². The van der Waals surface area contributed by atoms with E-state index < -0.39 is 11.6 Å². The van der Waals surface area contributed by atoms with E-state index in [1.54, 1.807) is 43.5 Å². The van der Waals surface area contributed by atoms with Crippen LogP contribution in [0.1, 0.15) is 20.7 Å². The highest BCUT2D eigenvalue weighted by molar-refractivity contribution is 6.54. The van der Waals surface area contributed by atoms with Gasteiger partial charge >= 0.3 is 0 Å². The first kappa shape index (κ1) is 11.9. The molecule has 1 aliphatic rings. The molecule has 0 saturated heterocycles. The minimum Gasteiger partial charge on any atom is -0.497 e. The van der Waals surface area contributed by atoms with Crippen molar-refractivity contribution in [3.05, 3.63) is 53.6 Å². The third kappa shape index (κ3) is 1.50. The predicted octanol–water partition coefficient (Wildman–Crippen LogP) is 3.49. The number of Topliss-reactive ketones (excluding diaryl/α,β-unsaturated/α-hetero) is 2. The zero-order valence-corrected chi connectivity index (χ0v) is 11.2. The van der Waals surface area contributed by atoms with Crippen molar-refractivity contribution in [2.75, 3.05) is 7.11 Å². The van der Waals surface area contributed by atoms with Crippen molar-refractivity contribution in [2.24, 2.45) is 0 Å². The van der Waals surface area contributed by atoms with E-state index in [2.05, 4.69) is 0 Å². The summed E-state index contributed by atoms with van der Waals surface area (Å²) in [6.45, 7) is 0. The Morgan fingerprint density at radius 1 is 0.952 bits per heavy atom. The Hall–Kier alpha value is -2.88. The van der Waals surface area contributed by atoms with Crippen LogP contribution in [0.15, 0.2) is 46.9 Å². The minimum atomic E-state index is -0.532. The first-order chi connectivity index (χ1) is 10.2. The van der Waals surface area contributed by atoms with Gasteiger partial charge in [-0.15, -0.1) is 0 Å². The highest BCUT2D eigenvalue weighted by Crippen LogP contribution is 2.40. The molecule has 21 heavy (non-hydrogen) atoms. The molecule has 4 heteroatoms.